The van der Waals surface area contributed by atoms with Gasteiger partial charge in [-0.05, 0) is 138 Å². The minimum atomic E-state index is 1.18. The standard InChI is InChI=1S/C68H39N3/c1-5-22-60-48(15-1)55-35-43(30-32-64(55)69(60)46-34-45-14-11-20-53-52-19-9-12-42-13-10-21-54(66(42)52)57(37-46)67(45)53)40-26-28-41(29-27-40)44-31-33-65-56(36-44)49-16-2-6-23-61(49)70(65)47-38-58-50-17-3-7-24-62(50)71-63-25-8-4-18-51(63)59(39-47)68(58)71/h1-39H. The molecule has 4 aromatic heterocycles. The van der Waals surface area contributed by atoms with Crippen molar-refractivity contribution in [2.75, 3.05) is 0 Å². The lowest BCUT2D eigenvalue weighted by molar-refractivity contribution is 1.19. The molecular formula is C68H39N3. The highest BCUT2D eigenvalue weighted by molar-refractivity contribution is 6.33. The first kappa shape index (κ1) is 37.5. The van der Waals surface area contributed by atoms with Crippen LogP contribution in [0.5, 0.6) is 0 Å². The van der Waals surface area contributed by atoms with Crippen LogP contribution in [0.15, 0.2) is 237 Å². The summed E-state index contributed by atoms with van der Waals surface area (Å²) in [5, 5.41) is 20.6. The molecule has 3 nitrogen and oxygen atoms in total. The Labute approximate surface area is 406 Å². The van der Waals surface area contributed by atoms with Crippen LogP contribution in [-0.2, 0) is 0 Å². The fourth-order valence-corrected chi connectivity index (χ4v) is 13.0. The van der Waals surface area contributed by atoms with E-state index < -0.39 is 0 Å². The number of nitrogens with zero attached hydrogens (tertiary/aromatic N) is 3. The summed E-state index contributed by atoms with van der Waals surface area (Å²) in [6.07, 6.45) is 0. The normalized spacial score (nSPS) is 12.5. The summed E-state index contributed by atoms with van der Waals surface area (Å²) in [5.74, 6) is 0. The number of aromatic nitrogens is 3. The molecule has 17 aromatic rings. The second kappa shape index (κ2) is 13.6. The summed E-state index contributed by atoms with van der Waals surface area (Å²) in [7, 11) is 0. The number of hydrogen-bond acceptors (Lipinski definition) is 0. The molecule has 0 N–H and O–H groups in total. The number of rotatable bonds is 4. The maximum Gasteiger partial charge on any atom is 0.0622 e. The third kappa shape index (κ3) is 4.96. The van der Waals surface area contributed by atoms with Gasteiger partial charge in [-0.3, -0.25) is 0 Å². The van der Waals surface area contributed by atoms with E-state index in [1.807, 2.05) is 0 Å². The first-order valence-corrected chi connectivity index (χ1v) is 24.7. The number of hydrogen-bond donors (Lipinski definition) is 0. The van der Waals surface area contributed by atoms with Crippen molar-refractivity contribution < 1.29 is 0 Å². The van der Waals surface area contributed by atoms with E-state index in [0.29, 0.717) is 0 Å². The third-order valence-electron chi connectivity index (χ3n) is 16.0. The van der Waals surface area contributed by atoms with Crippen LogP contribution in [0.25, 0.3) is 158 Å². The first-order valence-electron chi connectivity index (χ1n) is 24.7. The van der Waals surface area contributed by atoms with Crippen molar-refractivity contribution in [2.24, 2.45) is 0 Å². The van der Waals surface area contributed by atoms with Gasteiger partial charge in [0.2, 0.25) is 0 Å². The van der Waals surface area contributed by atoms with E-state index in [-0.39, 0.29) is 0 Å². The largest absolute Gasteiger partial charge is 0.309 e. The zero-order valence-corrected chi connectivity index (χ0v) is 38.4. The molecule has 0 amide bonds. The Balaban J connectivity index is 0.777. The molecule has 13 aromatic carbocycles. The molecule has 71 heavy (non-hydrogen) atoms. The summed E-state index contributed by atoms with van der Waals surface area (Å²) in [6.45, 7) is 0. The second-order valence-corrected chi connectivity index (χ2v) is 19.6. The van der Waals surface area contributed by atoms with Crippen molar-refractivity contribution in [1.29, 1.82) is 0 Å². The second-order valence-electron chi connectivity index (χ2n) is 19.6. The van der Waals surface area contributed by atoms with Crippen LogP contribution in [-0.4, -0.2) is 13.5 Å². The van der Waals surface area contributed by atoms with E-state index in [2.05, 4.69) is 250 Å². The number of fused-ring (bicyclic) bond motifs is 14. The van der Waals surface area contributed by atoms with Gasteiger partial charge >= 0.3 is 0 Å². The fourth-order valence-electron chi connectivity index (χ4n) is 13.0. The molecular weight excluding hydrogens is 859 g/mol. The molecule has 0 bridgehead atoms. The Kier molecular flexibility index (Phi) is 7.20. The van der Waals surface area contributed by atoms with Crippen LogP contribution in [0, 0.1) is 0 Å². The van der Waals surface area contributed by atoms with Gasteiger partial charge in [-0.1, -0.05) is 164 Å². The van der Waals surface area contributed by atoms with Crippen molar-refractivity contribution >= 4 is 125 Å². The smallest absolute Gasteiger partial charge is 0.0622 e. The van der Waals surface area contributed by atoms with Gasteiger partial charge in [-0.2, -0.15) is 0 Å². The van der Waals surface area contributed by atoms with E-state index in [1.54, 1.807) is 0 Å². The van der Waals surface area contributed by atoms with Crippen molar-refractivity contribution in [3.05, 3.63) is 237 Å². The summed E-state index contributed by atoms with van der Waals surface area (Å²) in [6, 6.07) is 88.5. The highest BCUT2D eigenvalue weighted by Crippen LogP contribution is 2.45. The van der Waals surface area contributed by atoms with Crippen molar-refractivity contribution in [3.63, 3.8) is 0 Å². The predicted octanol–water partition coefficient (Wildman–Crippen LogP) is 18.4. The van der Waals surface area contributed by atoms with Gasteiger partial charge in [-0.25, -0.2) is 0 Å². The summed E-state index contributed by atoms with van der Waals surface area (Å²) >= 11 is 0. The lowest BCUT2D eigenvalue weighted by atomic mass is 9.89. The average molecular weight is 898 g/mol. The molecule has 3 heteroatoms. The Morgan fingerprint density at radius 1 is 0.211 bits per heavy atom. The molecule has 0 unspecified atom stereocenters. The predicted molar refractivity (Wildman–Crippen MR) is 302 cm³/mol. The molecule has 326 valence electrons. The van der Waals surface area contributed by atoms with Crippen LogP contribution in [0.2, 0.25) is 0 Å². The monoisotopic (exact) mass is 897 g/mol. The highest BCUT2D eigenvalue weighted by Gasteiger charge is 2.22. The van der Waals surface area contributed by atoms with Crippen LogP contribution in [0.4, 0.5) is 0 Å². The molecule has 0 aliphatic carbocycles. The minimum Gasteiger partial charge on any atom is -0.309 e. The quantitative estimate of drug-likeness (QED) is 0.123. The Bertz CT molecular complexity index is 5010. The van der Waals surface area contributed by atoms with Crippen molar-refractivity contribution in [3.8, 4) is 33.6 Å². The van der Waals surface area contributed by atoms with E-state index >= 15 is 0 Å². The molecule has 0 atom stereocenters. The summed E-state index contributed by atoms with van der Waals surface area (Å²) < 4.78 is 7.40. The van der Waals surface area contributed by atoms with Gasteiger partial charge in [0.15, 0.2) is 0 Å². The molecule has 4 heterocycles. The zero-order valence-electron chi connectivity index (χ0n) is 38.4. The van der Waals surface area contributed by atoms with Gasteiger partial charge in [0.05, 0.1) is 38.6 Å². The maximum absolute atomic E-state index is 2.47. The van der Waals surface area contributed by atoms with Crippen LogP contribution in [0.3, 0.4) is 0 Å². The SMILES string of the molecule is c1cc2cccc3c4cc(-n5c6ccccc6c6cc(-c7ccc(-c8ccc9c(c8)c8ccccc8n9-c8cc9c%10ccccc%10n%10c%11ccccc%11c(c8)c9%10)cc7)ccc65)cc5cccc(c(c1)c23)c54. The minimum absolute atomic E-state index is 1.18. The Morgan fingerprint density at radius 3 is 1.10 bits per heavy atom. The first-order chi connectivity index (χ1) is 35.2. The molecule has 0 saturated carbocycles. The molecule has 0 saturated heterocycles. The van der Waals surface area contributed by atoms with Crippen LogP contribution < -0.4 is 0 Å². The average Bonchev–Trinajstić information content (AvgIpc) is 4.16. The number of para-hydroxylation sites is 4. The van der Waals surface area contributed by atoms with Gasteiger partial charge in [0.25, 0.3) is 0 Å². The van der Waals surface area contributed by atoms with Gasteiger partial charge < -0.3 is 13.5 Å². The van der Waals surface area contributed by atoms with Crippen LogP contribution in [0.1, 0.15) is 0 Å². The van der Waals surface area contributed by atoms with E-state index in [0.717, 1.165) is 0 Å². The molecule has 0 aliphatic rings. The van der Waals surface area contributed by atoms with Crippen LogP contribution >= 0.6 is 0 Å². The summed E-state index contributed by atoms with van der Waals surface area (Å²) in [4.78, 5) is 0. The van der Waals surface area contributed by atoms with Crippen molar-refractivity contribution in [2.45, 2.75) is 0 Å². The topological polar surface area (TPSA) is 14.3 Å². The van der Waals surface area contributed by atoms with Gasteiger partial charge in [-0.15, -0.1) is 0 Å². The molecule has 0 aliphatic heterocycles. The van der Waals surface area contributed by atoms with E-state index in [9.17, 15) is 0 Å². The van der Waals surface area contributed by atoms with Gasteiger partial charge in [0.1, 0.15) is 0 Å². The fraction of sp³-hybridized carbons (Fsp3) is 0. The molecule has 0 fully saturated rings. The lowest BCUT2D eigenvalue weighted by Gasteiger charge is -2.17. The zero-order chi connectivity index (χ0) is 46.1. The number of benzene rings is 13. The van der Waals surface area contributed by atoms with Crippen molar-refractivity contribution in [1.82, 2.24) is 13.5 Å². The highest BCUT2D eigenvalue weighted by atomic mass is 15.0. The molecule has 0 radical (unpaired) electrons. The molecule has 0 spiro atoms. The molecule has 17 rings (SSSR count). The van der Waals surface area contributed by atoms with E-state index in [1.165, 1.54) is 158 Å². The lowest BCUT2D eigenvalue weighted by Crippen LogP contribution is -1.95. The Hall–Kier alpha value is -9.44. The Morgan fingerprint density at radius 2 is 0.577 bits per heavy atom. The van der Waals surface area contributed by atoms with Gasteiger partial charge in [0, 0.05) is 54.5 Å². The summed E-state index contributed by atoms with van der Waals surface area (Å²) in [5.41, 5.74) is 15.8. The van der Waals surface area contributed by atoms with E-state index in [4.69, 9.17) is 0 Å². The maximum atomic E-state index is 2.47. The third-order valence-corrected chi connectivity index (χ3v) is 16.0.